The number of amides is 1. The molecule has 0 fully saturated rings. The van der Waals surface area contributed by atoms with Crippen LogP contribution in [-0.2, 0) is 11.3 Å². The summed E-state index contributed by atoms with van der Waals surface area (Å²) in [6.45, 7) is 0.754. The maximum absolute atomic E-state index is 13.2. The van der Waals surface area contributed by atoms with E-state index in [0.717, 1.165) is 21.5 Å². The molecule has 0 saturated heterocycles. The first kappa shape index (κ1) is 20.4. The van der Waals surface area contributed by atoms with E-state index in [1.165, 1.54) is 5.01 Å². The van der Waals surface area contributed by atoms with Gasteiger partial charge in [-0.05, 0) is 49.5 Å². The molecule has 156 valence electrons. The van der Waals surface area contributed by atoms with Crippen LogP contribution in [0.3, 0.4) is 0 Å². The minimum absolute atomic E-state index is 0.116. The highest BCUT2D eigenvalue weighted by Gasteiger charge is 2.35. The molecule has 1 aliphatic rings. The number of furan rings is 2. The molecule has 3 aromatic rings. The zero-order chi connectivity index (χ0) is 21.1. The molecule has 1 aromatic carbocycles. The molecule has 2 aromatic heterocycles. The second-order valence-electron chi connectivity index (χ2n) is 7.13. The van der Waals surface area contributed by atoms with Crippen molar-refractivity contribution in [3.8, 4) is 5.75 Å². The Morgan fingerprint density at radius 1 is 1.27 bits per heavy atom. The smallest absolute Gasteiger partial charge is 0.257 e. The Labute approximate surface area is 183 Å². The quantitative estimate of drug-likeness (QED) is 0.508. The van der Waals surface area contributed by atoms with Crippen LogP contribution >= 0.6 is 15.9 Å². The van der Waals surface area contributed by atoms with E-state index < -0.39 is 0 Å². The first-order chi connectivity index (χ1) is 14.5. The number of benzene rings is 1. The number of hydrazone groups is 1. The topological polar surface area (TPSA) is 71.4 Å². The van der Waals surface area contributed by atoms with E-state index in [2.05, 4.69) is 21.0 Å². The summed E-state index contributed by atoms with van der Waals surface area (Å²) in [6, 6.07) is 12.9. The van der Waals surface area contributed by atoms with E-state index in [1.807, 2.05) is 54.4 Å². The Morgan fingerprint density at radius 3 is 2.77 bits per heavy atom. The van der Waals surface area contributed by atoms with Crippen LogP contribution in [0.1, 0.15) is 29.5 Å². The maximum atomic E-state index is 13.2. The van der Waals surface area contributed by atoms with Gasteiger partial charge in [-0.25, -0.2) is 5.01 Å². The summed E-state index contributed by atoms with van der Waals surface area (Å²) < 4.78 is 17.5. The largest absolute Gasteiger partial charge is 0.496 e. The number of likely N-dealkylation sites (N-methyl/N-ethyl adjacent to an activating group) is 1. The van der Waals surface area contributed by atoms with E-state index >= 15 is 0 Å². The van der Waals surface area contributed by atoms with Crippen LogP contribution in [0.5, 0.6) is 5.75 Å². The second-order valence-corrected chi connectivity index (χ2v) is 8.04. The van der Waals surface area contributed by atoms with Crippen molar-refractivity contribution in [1.82, 2.24) is 9.91 Å². The molecule has 30 heavy (non-hydrogen) atoms. The average molecular weight is 472 g/mol. The summed E-state index contributed by atoms with van der Waals surface area (Å²) in [5, 5.41) is 6.07. The van der Waals surface area contributed by atoms with Crippen LogP contribution in [0.15, 0.2) is 73.4 Å². The number of hydrogen-bond acceptors (Lipinski definition) is 6. The molecule has 8 heteroatoms. The third kappa shape index (κ3) is 4.34. The van der Waals surface area contributed by atoms with Crippen molar-refractivity contribution >= 4 is 27.5 Å². The minimum Gasteiger partial charge on any atom is -0.496 e. The summed E-state index contributed by atoms with van der Waals surface area (Å²) in [5.74, 6) is 2.03. The van der Waals surface area contributed by atoms with Gasteiger partial charge in [-0.15, -0.1) is 0 Å². The average Bonchev–Trinajstić information content (AvgIpc) is 3.48. The van der Waals surface area contributed by atoms with Gasteiger partial charge in [0, 0.05) is 23.0 Å². The standard InChI is InChI=1S/C22H22BrN3O4/c1-25(13-15-11-16(23)7-8-19(15)28-2)14-22(27)26-18(21-6-4-10-30-21)12-17(24-26)20-5-3-9-29-20/h3-11,18H,12-14H2,1-2H3/t18-/m0/s1. The minimum atomic E-state index is -0.290. The highest BCUT2D eigenvalue weighted by Crippen LogP contribution is 2.33. The fraction of sp³-hybridized carbons (Fsp3) is 0.273. The molecule has 1 atom stereocenters. The van der Waals surface area contributed by atoms with E-state index in [0.29, 0.717) is 24.5 Å². The molecule has 0 unspecified atom stereocenters. The summed E-state index contributed by atoms with van der Waals surface area (Å²) in [6.07, 6.45) is 3.74. The summed E-state index contributed by atoms with van der Waals surface area (Å²) in [5.41, 5.74) is 1.72. The number of methoxy groups -OCH3 is 1. The molecule has 0 radical (unpaired) electrons. The van der Waals surface area contributed by atoms with Gasteiger partial charge in [0.2, 0.25) is 0 Å². The molecule has 7 nitrogen and oxygen atoms in total. The number of hydrogen-bond donors (Lipinski definition) is 0. The normalized spacial score (nSPS) is 16.2. The molecule has 1 amide bonds. The molecule has 1 aliphatic heterocycles. The summed E-state index contributed by atoms with van der Waals surface area (Å²) in [4.78, 5) is 15.1. The number of carbonyl (C=O) groups is 1. The fourth-order valence-corrected chi connectivity index (χ4v) is 3.96. The van der Waals surface area contributed by atoms with Crippen LogP contribution in [0.2, 0.25) is 0 Å². The van der Waals surface area contributed by atoms with Crippen molar-refractivity contribution in [1.29, 1.82) is 0 Å². The van der Waals surface area contributed by atoms with Crippen LogP contribution in [0, 0.1) is 0 Å². The molecule has 4 rings (SSSR count). The zero-order valence-corrected chi connectivity index (χ0v) is 18.3. The maximum Gasteiger partial charge on any atom is 0.257 e. The Kier molecular flexibility index (Phi) is 6.06. The third-order valence-corrected chi connectivity index (χ3v) is 5.42. The van der Waals surface area contributed by atoms with E-state index in [1.54, 1.807) is 19.6 Å². The van der Waals surface area contributed by atoms with Gasteiger partial charge in [0.25, 0.3) is 5.91 Å². The van der Waals surface area contributed by atoms with Gasteiger partial charge in [-0.2, -0.15) is 5.10 Å². The predicted molar refractivity (Wildman–Crippen MR) is 115 cm³/mol. The highest BCUT2D eigenvalue weighted by atomic mass is 79.9. The van der Waals surface area contributed by atoms with Crippen molar-refractivity contribution in [3.63, 3.8) is 0 Å². The number of ether oxygens (including phenoxy) is 1. The molecule has 0 bridgehead atoms. The van der Waals surface area contributed by atoms with Crippen molar-refractivity contribution in [2.24, 2.45) is 5.10 Å². The molecular formula is C22H22BrN3O4. The lowest BCUT2D eigenvalue weighted by Gasteiger charge is -2.24. The van der Waals surface area contributed by atoms with Gasteiger partial charge in [-0.3, -0.25) is 9.69 Å². The first-order valence-corrected chi connectivity index (χ1v) is 10.3. The molecular weight excluding hydrogens is 450 g/mol. The molecule has 3 heterocycles. The SMILES string of the molecule is COc1ccc(Br)cc1CN(C)CC(=O)N1N=C(c2ccco2)C[C@H]1c1ccco1. The number of nitrogens with zero attached hydrogens (tertiary/aromatic N) is 3. The molecule has 0 N–H and O–H groups in total. The monoisotopic (exact) mass is 471 g/mol. The van der Waals surface area contributed by atoms with Crippen LogP contribution < -0.4 is 4.74 Å². The molecule has 0 spiro atoms. The van der Waals surface area contributed by atoms with Crippen LogP contribution in [0.4, 0.5) is 0 Å². The molecule has 0 saturated carbocycles. The van der Waals surface area contributed by atoms with Crippen molar-refractivity contribution < 1.29 is 18.4 Å². The van der Waals surface area contributed by atoms with Crippen molar-refractivity contribution in [2.75, 3.05) is 20.7 Å². The van der Waals surface area contributed by atoms with Gasteiger partial charge in [0.05, 0.1) is 26.2 Å². The van der Waals surface area contributed by atoms with Gasteiger partial charge >= 0.3 is 0 Å². The number of halogens is 1. The Hall–Kier alpha value is -2.84. The third-order valence-electron chi connectivity index (χ3n) is 4.93. The second kappa shape index (κ2) is 8.89. The lowest BCUT2D eigenvalue weighted by molar-refractivity contribution is -0.134. The van der Waals surface area contributed by atoms with Crippen molar-refractivity contribution in [3.05, 3.63) is 76.5 Å². The fourth-order valence-electron chi connectivity index (χ4n) is 3.56. The van der Waals surface area contributed by atoms with Gasteiger partial charge < -0.3 is 13.6 Å². The Morgan fingerprint density at radius 2 is 2.07 bits per heavy atom. The predicted octanol–water partition coefficient (Wildman–Crippen LogP) is 4.45. The van der Waals surface area contributed by atoms with E-state index in [4.69, 9.17) is 13.6 Å². The first-order valence-electron chi connectivity index (χ1n) is 9.53. The Bertz CT molecular complexity index is 1030. The van der Waals surface area contributed by atoms with Crippen molar-refractivity contribution in [2.45, 2.75) is 19.0 Å². The highest BCUT2D eigenvalue weighted by molar-refractivity contribution is 9.10. The number of rotatable bonds is 7. The summed E-state index contributed by atoms with van der Waals surface area (Å²) >= 11 is 3.49. The zero-order valence-electron chi connectivity index (χ0n) is 16.7. The lowest BCUT2D eigenvalue weighted by atomic mass is 10.1. The Balaban J connectivity index is 1.51. The van der Waals surface area contributed by atoms with Crippen LogP contribution in [0.25, 0.3) is 0 Å². The summed E-state index contributed by atoms with van der Waals surface area (Å²) in [7, 11) is 3.54. The molecule has 0 aliphatic carbocycles. The van der Waals surface area contributed by atoms with Gasteiger partial charge in [0.1, 0.15) is 29.0 Å². The van der Waals surface area contributed by atoms with Gasteiger partial charge in [-0.1, -0.05) is 15.9 Å². The van der Waals surface area contributed by atoms with Gasteiger partial charge in [0.15, 0.2) is 0 Å². The lowest BCUT2D eigenvalue weighted by Crippen LogP contribution is -2.36. The van der Waals surface area contributed by atoms with Crippen LogP contribution in [-0.4, -0.2) is 42.2 Å². The van der Waals surface area contributed by atoms with E-state index in [9.17, 15) is 4.79 Å². The van der Waals surface area contributed by atoms with E-state index in [-0.39, 0.29) is 18.5 Å². The number of carbonyl (C=O) groups excluding carboxylic acids is 1.